The first-order valence-corrected chi connectivity index (χ1v) is 13.7. The second-order valence-electron chi connectivity index (χ2n) is 11.1. The Morgan fingerprint density at radius 3 is 2.59 bits per heavy atom. The molecule has 3 fully saturated rings. The first kappa shape index (κ1) is 24.5. The van der Waals surface area contributed by atoms with Gasteiger partial charge in [0.15, 0.2) is 5.82 Å². The molecule has 2 N–H and O–H groups in total. The van der Waals surface area contributed by atoms with Gasteiger partial charge in [-0.15, -0.1) is 0 Å². The Labute approximate surface area is 225 Å². The molecule has 3 aromatic carbocycles. The number of hydrogen-bond donors (Lipinski definition) is 2. The number of hydrogen-bond acceptors (Lipinski definition) is 7. The highest BCUT2D eigenvalue weighted by atomic mass is 19.1. The molecular weight excluding hydrogens is 500 g/mol. The van der Waals surface area contributed by atoms with E-state index in [2.05, 4.69) is 27.1 Å². The van der Waals surface area contributed by atoms with Gasteiger partial charge >= 0.3 is 6.01 Å². The Morgan fingerprint density at radius 1 is 1.03 bits per heavy atom. The smallest absolute Gasteiger partial charge is 0.319 e. The highest BCUT2D eigenvalue weighted by Gasteiger charge is 2.34. The Hall–Kier alpha value is -3.56. The van der Waals surface area contributed by atoms with Crippen molar-refractivity contribution in [1.29, 1.82) is 0 Å². The first-order chi connectivity index (χ1) is 18.9. The Bertz CT molecular complexity index is 1570. The third-order valence-electron chi connectivity index (χ3n) is 8.55. The van der Waals surface area contributed by atoms with E-state index in [1.807, 2.05) is 12.1 Å². The van der Waals surface area contributed by atoms with E-state index in [0.717, 1.165) is 32.2 Å². The molecular formula is C30H31F2N5O2. The molecule has 7 nitrogen and oxygen atoms in total. The summed E-state index contributed by atoms with van der Waals surface area (Å²) in [6.07, 6.45) is 4.26. The lowest BCUT2D eigenvalue weighted by atomic mass is 9.95. The molecule has 0 saturated carbocycles. The van der Waals surface area contributed by atoms with Crippen LogP contribution in [0.4, 0.5) is 14.6 Å². The van der Waals surface area contributed by atoms with Gasteiger partial charge in [-0.25, -0.2) is 8.78 Å². The van der Waals surface area contributed by atoms with Crippen molar-refractivity contribution in [2.75, 3.05) is 38.2 Å². The number of phenolic OH excluding ortho intramolecular Hbond substituents is 1. The average Bonchev–Trinajstić information content (AvgIpc) is 3.50. The summed E-state index contributed by atoms with van der Waals surface area (Å²) < 4.78 is 38.4. The van der Waals surface area contributed by atoms with Crippen LogP contribution in [0.3, 0.4) is 0 Å². The van der Waals surface area contributed by atoms with Crippen LogP contribution in [-0.2, 0) is 0 Å². The van der Waals surface area contributed by atoms with Crippen LogP contribution < -0.4 is 15.0 Å². The molecule has 39 heavy (non-hydrogen) atoms. The molecule has 4 aromatic rings. The highest BCUT2D eigenvalue weighted by molar-refractivity contribution is 6.01. The van der Waals surface area contributed by atoms with Crippen LogP contribution in [-0.4, -0.2) is 71.4 Å². The lowest BCUT2D eigenvalue weighted by molar-refractivity contribution is 0.188. The van der Waals surface area contributed by atoms with E-state index in [1.54, 1.807) is 18.2 Å². The van der Waals surface area contributed by atoms with E-state index >= 15 is 8.78 Å². The number of benzene rings is 3. The Morgan fingerprint density at radius 2 is 1.82 bits per heavy atom. The fourth-order valence-corrected chi connectivity index (χ4v) is 6.54. The summed E-state index contributed by atoms with van der Waals surface area (Å²) in [4.78, 5) is 13.6. The van der Waals surface area contributed by atoms with Crippen LogP contribution in [0.25, 0.3) is 32.8 Å². The van der Waals surface area contributed by atoms with Crippen LogP contribution in [0.1, 0.15) is 25.7 Å². The lowest BCUT2D eigenvalue weighted by Gasteiger charge is -2.34. The highest BCUT2D eigenvalue weighted by Crippen LogP contribution is 2.40. The van der Waals surface area contributed by atoms with Gasteiger partial charge in [0.1, 0.15) is 29.5 Å². The maximum Gasteiger partial charge on any atom is 0.319 e. The molecule has 2 bridgehead atoms. The summed E-state index contributed by atoms with van der Waals surface area (Å²) in [5, 5.41) is 15.6. The van der Waals surface area contributed by atoms with Gasteiger partial charge in [0, 0.05) is 36.6 Å². The molecule has 0 spiro atoms. The number of aromatic nitrogens is 2. The van der Waals surface area contributed by atoms with Gasteiger partial charge in [0.25, 0.3) is 0 Å². The second kappa shape index (κ2) is 9.57. The minimum atomic E-state index is -0.787. The largest absolute Gasteiger partial charge is 0.508 e. The summed E-state index contributed by atoms with van der Waals surface area (Å²) in [5.74, 6) is -1.07. The van der Waals surface area contributed by atoms with Crippen LogP contribution in [0.2, 0.25) is 0 Å². The van der Waals surface area contributed by atoms with Gasteiger partial charge in [-0.2, -0.15) is 9.97 Å². The number of rotatable bonds is 5. The molecule has 0 aliphatic carbocycles. The number of anilines is 1. The number of likely N-dealkylation sites (N-methyl/N-ethyl adjacent to an activating group) is 1. The lowest BCUT2D eigenvalue weighted by Crippen LogP contribution is -2.51. The van der Waals surface area contributed by atoms with E-state index in [-0.39, 0.29) is 34.4 Å². The van der Waals surface area contributed by atoms with E-state index in [1.165, 1.54) is 12.1 Å². The van der Waals surface area contributed by atoms with Crippen molar-refractivity contribution < 1.29 is 18.6 Å². The molecule has 0 radical (unpaired) electrons. The fourth-order valence-electron chi connectivity index (χ4n) is 6.54. The van der Waals surface area contributed by atoms with Crippen LogP contribution >= 0.6 is 0 Å². The van der Waals surface area contributed by atoms with E-state index < -0.39 is 11.6 Å². The standard InChI is InChI=1S/C30H31F2N5O2/c1-36-10-4-6-20(36)16-39-30-34-28-24(29(35-30)37-14-18-8-9-19(15-37)33-18)13-25(31)26(27(28)32)23-12-21(38)11-17-5-2-3-7-22(17)23/h2-3,5,7,11-13,18-20,33,38H,4,6,8-10,14-16H2,1H3/t18-,19+,20-/m0/s1. The van der Waals surface area contributed by atoms with Crippen LogP contribution in [0.5, 0.6) is 11.8 Å². The number of nitrogens with zero attached hydrogens (tertiary/aromatic N) is 4. The zero-order chi connectivity index (χ0) is 26.7. The number of likely N-dealkylation sites (tertiary alicyclic amines) is 1. The van der Waals surface area contributed by atoms with Gasteiger partial charge in [-0.1, -0.05) is 24.3 Å². The van der Waals surface area contributed by atoms with Crippen LogP contribution in [0, 0.1) is 11.6 Å². The van der Waals surface area contributed by atoms with Crippen molar-refractivity contribution in [2.45, 2.75) is 43.8 Å². The van der Waals surface area contributed by atoms with Crippen molar-refractivity contribution in [3.63, 3.8) is 0 Å². The monoisotopic (exact) mass is 531 g/mol. The molecule has 0 unspecified atom stereocenters. The molecule has 3 atom stereocenters. The van der Waals surface area contributed by atoms with E-state index in [9.17, 15) is 5.11 Å². The second-order valence-corrected chi connectivity index (χ2v) is 11.1. The number of ether oxygens (including phenoxy) is 1. The minimum absolute atomic E-state index is 0.0180. The molecule has 3 saturated heterocycles. The minimum Gasteiger partial charge on any atom is -0.508 e. The SMILES string of the molecule is CN1CCC[C@H]1COc1nc(N2C[C@H]3CC[C@@H](C2)N3)c2cc(F)c(-c3cc(O)cc4ccccc34)c(F)c2n1. The predicted molar refractivity (Wildman–Crippen MR) is 147 cm³/mol. The summed E-state index contributed by atoms with van der Waals surface area (Å²) >= 11 is 0. The number of halogens is 2. The number of nitrogens with one attached hydrogen (secondary N) is 1. The zero-order valence-electron chi connectivity index (χ0n) is 21.8. The van der Waals surface area contributed by atoms with E-state index in [0.29, 0.717) is 53.8 Å². The van der Waals surface area contributed by atoms with Crippen molar-refractivity contribution in [3.8, 4) is 22.9 Å². The number of aromatic hydroxyl groups is 1. The van der Waals surface area contributed by atoms with Gasteiger partial charge in [0.05, 0.1) is 5.56 Å². The van der Waals surface area contributed by atoms with Crippen molar-refractivity contribution >= 4 is 27.5 Å². The molecule has 3 aliphatic heterocycles. The molecule has 4 heterocycles. The molecule has 9 heteroatoms. The third-order valence-corrected chi connectivity index (χ3v) is 8.55. The molecule has 3 aliphatic rings. The summed E-state index contributed by atoms with van der Waals surface area (Å²) in [6.45, 7) is 2.82. The van der Waals surface area contributed by atoms with Gasteiger partial charge in [0.2, 0.25) is 0 Å². The first-order valence-electron chi connectivity index (χ1n) is 13.7. The Kier molecular flexibility index (Phi) is 6.01. The summed E-state index contributed by atoms with van der Waals surface area (Å²) in [7, 11) is 2.07. The van der Waals surface area contributed by atoms with Crippen molar-refractivity contribution in [1.82, 2.24) is 20.2 Å². The average molecular weight is 532 g/mol. The van der Waals surface area contributed by atoms with Crippen molar-refractivity contribution in [3.05, 3.63) is 54.1 Å². The molecule has 202 valence electrons. The van der Waals surface area contributed by atoms with E-state index in [4.69, 9.17) is 9.72 Å². The molecule has 7 rings (SSSR count). The summed E-state index contributed by atoms with van der Waals surface area (Å²) in [5.41, 5.74) is 0.0727. The predicted octanol–water partition coefficient (Wildman–Crippen LogP) is 4.85. The van der Waals surface area contributed by atoms with Gasteiger partial charge in [-0.05, 0) is 73.8 Å². The normalized spacial score (nSPS) is 23.3. The zero-order valence-corrected chi connectivity index (χ0v) is 21.8. The topological polar surface area (TPSA) is 73.8 Å². The number of piperazine rings is 1. The van der Waals surface area contributed by atoms with Gasteiger partial charge < -0.3 is 25.0 Å². The van der Waals surface area contributed by atoms with Crippen molar-refractivity contribution in [2.24, 2.45) is 0 Å². The van der Waals surface area contributed by atoms with Crippen LogP contribution in [0.15, 0.2) is 42.5 Å². The molecule has 0 amide bonds. The van der Waals surface area contributed by atoms with Gasteiger partial charge in [-0.3, -0.25) is 0 Å². The quantitative estimate of drug-likeness (QED) is 0.382. The maximum atomic E-state index is 16.5. The molecule has 1 aromatic heterocycles. The fraction of sp³-hybridized carbons (Fsp3) is 0.400. The maximum absolute atomic E-state index is 16.5. The third kappa shape index (κ3) is 4.33. The number of phenols is 1. The summed E-state index contributed by atoms with van der Waals surface area (Å²) in [6, 6.07) is 12.5. The number of fused-ring (bicyclic) bond motifs is 4. The Balaban J connectivity index is 1.39.